The van der Waals surface area contributed by atoms with Gasteiger partial charge in [-0.15, -0.1) is 0 Å². The molecule has 2 heteroatoms. The summed E-state index contributed by atoms with van der Waals surface area (Å²) in [6, 6.07) is 0. The predicted molar refractivity (Wildman–Crippen MR) is 76.8 cm³/mol. The first-order valence-corrected chi connectivity index (χ1v) is 7.79. The topological polar surface area (TPSA) is 29.5 Å². The van der Waals surface area contributed by atoms with Crippen molar-refractivity contribution in [2.24, 2.45) is 22.7 Å². The van der Waals surface area contributed by atoms with Crippen molar-refractivity contribution in [2.75, 3.05) is 7.11 Å². The van der Waals surface area contributed by atoms with Crippen LogP contribution in [0.3, 0.4) is 0 Å². The molecular formula is C17H28O2. The van der Waals surface area contributed by atoms with Crippen LogP contribution in [0.4, 0.5) is 0 Å². The highest BCUT2D eigenvalue weighted by atomic mass is 16.5. The molecule has 3 aliphatic rings. The Balaban J connectivity index is 1.96. The molecule has 0 amide bonds. The first-order valence-electron chi connectivity index (χ1n) is 7.79. The van der Waals surface area contributed by atoms with Crippen molar-refractivity contribution in [1.82, 2.24) is 0 Å². The van der Waals surface area contributed by atoms with E-state index >= 15 is 0 Å². The van der Waals surface area contributed by atoms with Gasteiger partial charge in [-0.2, -0.15) is 0 Å². The van der Waals surface area contributed by atoms with Crippen LogP contribution < -0.4 is 0 Å². The summed E-state index contributed by atoms with van der Waals surface area (Å²) in [5.41, 5.74) is 2.13. The van der Waals surface area contributed by atoms with Crippen LogP contribution in [0.1, 0.15) is 52.9 Å². The zero-order chi connectivity index (χ0) is 13.8. The molecule has 108 valence electrons. The van der Waals surface area contributed by atoms with Gasteiger partial charge in [0.25, 0.3) is 0 Å². The second-order valence-electron chi connectivity index (χ2n) is 7.80. The van der Waals surface area contributed by atoms with Gasteiger partial charge in [0, 0.05) is 7.11 Å². The highest BCUT2D eigenvalue weighted by Gasteiger charge is 2.57. The average molecular weight is 264 g/mol. The van der Waals surface area contributed by atoms with Crippen LogP contribution in [0, 0.1) is 22.7 Å². The second kappa shape index (κ2) is 4.33. The summed E-state index contributed by atoms with van der Waals surface area (Å²) < 4.78 is 5.76. The summed E-state index contributed by atoms with van der Waals surface area (Å²) in [6.07, 6.45) is 8.19. The molecule has 0 aliphatic heterocycles. The molecule has 0 bridgehead atoms. The van der Waals surface area contributed by atoms with E-state index < -0.39 is 0 Å². The van der Waals surface area contributed by atoms with E-state index in [0.717, 1.165) is 19.3 Å². The van der Waals surface area contributed by atoms with Gasteiger partial charge in [0.1, 0.15) is 0 Å². The lowest BCUT2D eigenvalue weighted by molar-refractivity contribution is -0.128. The Hall–Kier alpha value is -0.340. The van der Waals surface area contributed by atoms with Gasteiger partial charge >= 0.3 is 0 Å². The lowest BCUT2D eigenvalue weighted by Gasteiger charge is -2.58. The van der Waals surface area contributed by atoms with Crippen LogP contribution in [-0.2, 0) is 4.74 Å². The minimum absolute atomic E-state index is 0.102. The van der Waals surface area contributed by atoms with Gasteiger partial charge in [0.05, 0.1) is 12.2 Å². The van der Waals surface area contributed by atoms with Gasteiger partial charge in [-0.1, -0.05) is 32.4 Å². The fraction of sp³-hybridized carbons (Fsp3) is 0.882. The summed E-state index contributed by atoms with van der Waals surface area (Å²) in [4.78, 5) is 0. The molecule has 0 radical (unpaired) electrons. The van der Waals surface area contributed by atoms with Crippen molar-refractivity contribution in [2.45, 2.75) is 65.1 Å². The second-order valence-corrected chi connectivity index (χ2v) is 7.80. The Morgan fingerprint density at radius 3 is 2.74 bits per heavy atom. The molecule has 1 unspecified atom stereocenters. The van der Waals surface area contributed by atoms with E-state index in [1.165, 1.54) is 18.4 Å². The van der Waals surface area contributed by atoms with E-state index in [4.69, 9.17) is 4.74 Å². The van der Waals surface area contributed by atoms with Crippen LogP contribution in [0.5, 0.6) is 0 Å². The molecule has 3 aliphatic carbocycles. The number of ether oxygens (including phenoxy) is 1. The highest BCUT2D eigenvalue weighted by Crippen LogP contribution is 2.63. The standard InChI is InChI=1S/C17H28O2/c1-16(2)14-6-5-11-9-12(18)10-13(11)17(14,3)8-7-15(16)19-4/h5,12-15,18H,6-10H2,1-4H3/t12?,13-,14+,15+,17-/m1/s1. The maximum Gasteiger partial charge on any atom is 0.0625 e. The van der Waals surface area contributed by atoms with E-state index in [-0.39, 0.29) is 11.5 Å². The fourth-order valence-corrected chi connectivity index (χ4v) is 5.58. The molecule has 0 aromatic rings. The minimum Gasteiger partial charge on any atom is -0.393 e. The smallest absolute Gasteiger partial charge is 0.0625 e. The third kappa shape index (κ3) is 1.83. The van der Waals surface area contributed by atoms with Crippen LogP contribution in [-0.4, -0.2) is 24.4 Å². The first kappa shape index (κ1) is 13.6. The number of hydrogen-bond donors (Lipinski definition) is 1. The largest absolute Gasteiger partial charge is 0.393 e. The normalized spacial score (nSPS) is 48.4. The number of aliphatic hydroxyl groups is 1. The van der Waals surface area contributed by atoms with Gasteiger partial charge in [-0.3, -0.25) is 0 Å². The Morgan fingerprint density at radius 1 is 1.32 bits per heavy atom. The number of aliphatic hydroxyl groups excluding tert-OH is 1. The van der Waals surface area contributed by atoms with E-state index in [9.17, 15) is 5.11 Å². The van der Waals surface area contributed by atoms with Gasteiger partial charge in [0.2, 0.25) is 0 Å². The lowest BCUT2D eigenvalue weighted by Crippen LogP contribution is -2.54. The summed E-state index contributed by atoms with van der Waals surface area (Å²) in [5.74, 6) is 1.29. The molecule has 1 N–H and O–H groups in total. The van der Waals surface area contributed by atoms with Crippen LogP contribution in [0.25, 0.3) is 0 Å². The molecule has 0 saturated heterocycles. The number of allylic oxidation sites excluding steroid dienone is 1. The van der Waals surface area contributed by atoms with E-state index in [1.54, 1.807) is 0 Å². The molecule has 2 nitrogen and oxygen atoms in total. The molecular weight excluding hydrogens is 236 g/mol. The van der Waals surface area contributed by atoms with Crippen LogP contribution >= 0.6 is 0 Å². The summed E-state index contributed by atoms with van der Waals surface area (Å²) in [7, 11) is 1.86. The maximum atomic E-state index is 10.0. The van der Waals surface area contributed by atoms with E-state index in [2.05, 4.69) is 26.8 Å². The number of fused-ring (bicyclic) bond motifs is 3. The molecule has 2 fully saturated rings. The van der Waals surface area contributed by atoms with Gasteiger partial charge in [-0.05, 0) is 54.8 Å². The van der Waals surface area contributed by atoms with Gasteiger partial charge in [-0.25, -0.2) is 0 Å². The van der Waals surface area contributed by atoms with Crippen molar-refractivity contribution in [1.29, 1.82) is 0 Å². The molecule has 19 heavy (non-hydrogen) atoms. The van der Waals surface area contributed by atoms with Gasteiger partial charge in [0.15, 0.2) is 0 Å². The Bertz CT molecular complexity index is 398. The maximum absolute atomic E-state index is 10.0. The Morgan fingerprint density at radius 2 is 2.05 bits per heavy atom. The molecule has 0 spiro atoms. The van der Waals surface area contributed by atoms with Crippen LogP contribution in [0.15, 0.2) is 11.6 Å². The summed E-state index contributed by atoms with van der Waals surface area (Å²) >= 11 is 0. The van der Waals surface area contributed by atoms with Crippen molar-refractivity contribution in [3.8, 4) is 0 Å². The van der Waals surface area contributed by atoms with Crippen molar-refractivity contribution in [3.05, 3.63) is 11.6 Å². The molecule has 0 aromatic carbocycles. The lowest BCUT2D eigenvalue weighted by atomic mass is 9.48. The highest BCUT2D eigenvalue weighted by molar-refractivity contribution is 5.24. The van der Waals surface area contributed by atoms with Gasteiger partial charge < -0.3 is 9.84 Å². The summed E-state index contributed by atoms with van der Waals surface area (Å²) in [5, 5.41) is 10.0. The van der Waals surface area contributed by atoms with Crippen LogP contribution in [0.2, 0.25) is 0 Å². The molecule has 0 aromatic heterocycles. The quantitative estimate of drug-likeness (QED) is 0.734. The minimum atomic E-state index is -0.102. The SMILES string of the molecule is CO[C@H]1CC[C@]2(C)[C@@H]3CC(O)CC3=CC[C@H]2C1(C)C. The third-order valence-electron chi connectivity index (χ3n) is 6.59. The van der Waals surface area contributed by atoms with Crippen molar-refractivity contribution in [3.63, 3.8) is 0 Å². The van der Waals surface area contributed by atoms with Crippen molar-refractivity contribution < 1.29 is 9.84 Å². The molecule has 0 heterocycles. The number of rotatable bonds is 1. The molecule has 2 saturated carbocycles. The molecule has 5 atom stereocenters. The zero-order valence-electron chi connectivity index (χ0n) is 12.8. The van der Waals surface area contributed by atoms with Crippen molar-refractivity contribution >= 4 is 0 Å². The first-order chi connectivity index (χ1) is 8.89. The predicted octanol–water partition coefficient (Wildman–Crippen LogP) is 3.54. The number of methoxy groups -OCH3 is 1. The third-order valence-corrected chi connectivity index (χ3v) is 6.59. The number of hydrogen-bond acceptors (Lipinski definition) is 2. The monoisotopic (exact) mass is 264 g/mol. The molecule has 3 rings (SSSR count). The Kier molecular flexibility index (Phi) is 3.10. The summed E-state index contributed by atoms with van der Waals surface area (Å²) in [6.45, 7) is 7.24. The Labute approximate surface area is 117 Å². The van der Waals surface area contributed by atoms with E-state index in [0.29, 0.717) is 23.4 Å². The average Bonchev–Trinajstić information content (AvgIpc) is 2.71. The fourth-order valence-electron chi connectivity index (χ4n) is 5.58. The van der Waals surface area contributed by atoms with E-state index in [1.807, 2.05) is 7.11 Å². The zero-order valence-corrected chi connectivity index (χ0v) is 12.8.